The highest BCUT2D eigenvalue weighted by molar-refractivity contribution is 5.01. The van der Waals surface area contributed by atoms with Crippen LogP contribution in [0.25, 0.3) is 0 Å². The molecule has 1 rings (SSSR count). The zero-order valence-electron chi connectivity index (χ0n) is 11.9. The molecule has 3 atom stereocenters. The third kappa shape index (κ3) is 5.10. The number of allylic oxidation sites excluding steroid dienone is 2. The molecule has 0 aromatic carbocycles. The molecule has 0 radical (unpaired) electrons. The van der Waals surface area contributed by atoms with Crippen LogP contribution in [0.4, 0.5) is 0 Å². The van der Waals surface area contributed by atoms with E-state index in [1.165, 1.54) is 50.5 Å². The van der Waals surface area contributed by atoms with E-state index in [0.717, 1.165) is 24.2 Å². The molecule has 0 aromatic heterocycles. The van der Waals surface area contributed by atoms with Crippen LogP contribution in [0, 0.1) is 17.8 Å². The fourth-order valence-electron chi connectivity index (χ4n) is 3.25. The molecule has 0 bridgehead atoms. The van der Waals surface area contributed by atoms with Gasteiger partial charge in [-0.1, -0.05) is 57.8 Å². The molecule has 0 amide bonds. The lowest BCUT2D eigenvalue weighted by Gasteiger charge is -2.20. The van der Waals surface area contributed by atoms with E-state index in [1.54, 1.807) is 0 Å². The first kappa shape index (κ1) is 14.5. The van der Waals surface area contributed by atoms with Crippen LogP contribution in [0.2, 0.25) is 0 Å². The average molecular weight is 234 g/mol. The quantitative estimate of drug-likeness (QED) is 0.469. The average Bonchev–Trinajstić information content (AvgIpc) is 2.70. The summed E-state index contributed by atoms with van der Waals surface area (Å²) < 4.78 is 0. The molecule has 0 saturated heterocycles. The molecular weight excluding hydrogens is 204 g/mol. The maximum Gasteiger partial charge on any atom is -0.0144 e. The zero-order chi connectivity index (χ0) is 12.7. The highest BCUT2D eigenvalue weighted by Gasteiger charge is 2.23. The van der Waals surface area contributed by atoms with Crippen LogP contribution in [0.5, 0.6) is 0 Å². The first-order chi connectivity index (χ1) is 8.17. The maximum absolute atomic E-state index is 4.16. The maximum atomic E-state index is 4.16. The lowest BCUT2D eigenvalue weighted by Crippen LogP contribution is -2.08. The Morgan fingerprint density at radius 1 is 1.41 bits per heavy atom. The van der Waals surface area contributed by atoms with Gasteiger partial charge in [0.05, 0.1) is 0 Å². The van der Waals surface area contributed by atoms with Gasteiger partial charge in [-0.05, 0) is 43.4 Å². The van der Waals surface area contributed by atoms with Crippen molar-refractivity contribution in [1.82, 2.24) is 0 Å². The van der Waals surface area contributed by atoms with Gasteiger partial charge >= 0.3 is 0 Å². The molecule has 1 aliphatic carbocycles. The van der Waals surface area contributed by atoms with E-state index in [9.17, 15) is 0 Å². The van der Waals surface area contributed by atoms with Gasteiger partial charge in [0.1, 0.15) is 0 Å². The summed E-state index contributed by atoms with van der Waals surface area (Å²) in [5.74, 6) is 2.84. The number of hydrogen-bond donors (Lipinski definition) is 0. The second kappa shape index (κ2) is 7.74. The summed E-state index contributed by atoms with van der Waals surface area (Å²) in [6, 6.07) is 0. The Morgan fingerprint density at radius 2 is 2.18 bits per heavy atom. The van der Waals surface area contributed by atoms with Gasteiger partial charge in [0.2, 0.25) is 0 Å². The third-order valence-electron chi connectivity index (χ3n) is 4.57. The summed E-state index contributed by atoms with van der Waals surface area (Å²) in [5.41, 5.74) is 1.37. The normalized spacial score (nSPS) is 25.8. The van der Waals surface area contributed by atoms with E-state index in [2.05, 4.69) is 27.0 Å². The van der Waals surface area contributed by atoms with E-state index in [1.807, 2.05) is 6.08 Å². The summed E-state index contributed by atoms with van der Waals surface area (Å²) >= 11 is 0. The molecule has 0 heterocycles. The predicted octanol–water partition coefficient (Wildman–Crippen LogP) is 5.75. The second-order valence-corrected chi connectivity index (χ2v) is 5.97. The monoisotopic (exact) mass is 234 g/mol. The molecule has 1 saturated carbocycles. The van der Waals surface area contributed by atoms with Gasteiger partial charge in [-0.25, -0.2) is 0 Å². The van der Waals surface area contributed by atoms with Crippen molar-refractivity contribution in [2.24, 2.45) is 17.8 Å². The first-order valence-electron chi connectivity index (χ1n) is 7.44. The van der Waals surface area contributed by atoms with Crippen molar-refractivity contribution in [2.45, 2.75) is 65.2 Å². The van der Waals surface area contributed by atoms with Gasteiger partial charge in [-0.3, -0.25) is 0 Å². The third-order valence-corrected chi connectivity index (χ3v) is 4.57. The molecular formula is C17H30. The van der Waals surface area contributed by atoms with Crippen LogP contribution in [0.3, 0.4) is 0 Å². The van der Waals surface area contributed by atoms with E-state index in [0.29, 0.717) is 0 Å². The topological polar surface area (TPSA) is 0 Å². The van der Waals surface area contributed by atoms with Crippen LogP contribution < -0.4 is 0 Å². The van der Waals surface area contributed by atoms with Crippen molar-refractivity contribution >= 4 is 0 Å². The van der Waals surface area contributed by atoms with Crippen molar-refractivity contribution in [3.05, 3.63) is 24.8 Å². The van der Waals surface area contributed by atoms with Crippen LogP contribution in [0.15, 0.2) is 24.8 Å². The first-order valence-corrected chi connectivity index (χ1v) is 7.44. The van der Waals surface area contributed by atoms with E-state index in [-0.39, 0.29) is 0 Å². The lowest BCUT2D eigenvalue weighted by molar-refractivity contribution is 0.334. The molecule has 0 nitrogen and oxygen atoms in total. The van der Waals surface area contributed by atoms with Crippen LogP contribution >= 0.6 is 0 Å². The second-order valence-electron chi connectivity index (χ2n) is 5.97. The molecule has 98 valence electrons. The fraction of sp³-hybridized carbons (Fsp3) is 0.765. The van der Waals surface area contributed by atoms with Crippen molar-refractivity contribution < 1.29 is 0 Å². The molecule has 1 aliphatic rings. The van der Waals surface area contributed by atoms with Crippen LogP contribution in [0.1, 0.15) is 65.2 Å². The smallest absolute Gasteiger partial charge is 0.0144 e. The van der Waals surface area contributed by atoms with Crippen LogP contribution in [-0.4, -0.2) is 0 Å². The van der Waals surface area contributed by atoms with E-state index in [4.69, 9.17) is 0 Å². The molecule has 0 aromatic rings. The van der Waals surface area contributed by atoms with Crippen molar-refractivity contribution in [3.63, 3.8) is 0 Å². The Kier molecular flexibility index (Phi) is 6.62. The Balaban J connectivity index is 2.26. The molecule has 17 heavy (non-hydrogen) atoms. The Labute approximate surface area is 108 Å². The highest BCUT2D eigenvalue weighted by atomic mass is 14.3. The number of hydrogen-bond acceptors (Lipinski definition) is 0. The lowest BCUT2D eigenvalue weighted by atomic mass is 9.85. The molecule has 0 spiro atoms. The zero-order valence-corrected chi connectivity index (χ0v) is 11.9. The molecule has 3 unspecified atom stereocenters. The summed E-state index contributed by atoms with van der Waals surface area (Å²) in [6.45, 7) is 12.7. The SMILES string of the molecule is C=CCC(=C)CC(CC)CCC1CCCC1C. The van der Waals surface area contributed by atoms with Gasteiger partial charge in [-0.2, -0.15) is 0 Å². The standard InChI is InChI=1S/C17H30/c1-5-8-14(3)13-16(6-2)11-12-17-10-7-9-15(17)4/h5,15-17H,1,3,6-13H2,2,4H3. The van der Waals surface area contributed by atoms with Gasteiger partial charge in [0.15, 0.2) is 0 Å². The Hall–Kier alpha value is -0.520. The Bertz CT molecular complexity index is 238. The van der Waals surface area contributed by atoms with Gasteiger partial charge in [-0.15, -0.1) is 6.58 Å². The van der Waals surface area contributed by atoms with Gasteiger partial charge < -0.3 is 0 Å². The summed E-state index contributed by atoms with van der Waals surface area (Å²) in [7, 11) is 0. The fourth-order valence-corrected chi connectivity index (χ4v) is 3.25. The van der Waals surface area contributed by atoms with Crippen molar-refractivity contribution in [3.8, 4) is 0 Å². The highest BCUT2D eigenvalue weighted by Crippen LogP contribution is 2.36. The molecule has 0 N–H and O–H groups in total. The van der Waals surface area contributed by atoms with Crippen molar-refractivity contribution in [1.29, 1.82) is 0 Å². The minimum Gasteiger partial charge on any atom is -0.103 e. The summed E-state index contributed by atoms with van der Waals surface area (Å²) in [6.07, 6.45) is 12.7. The van der Waals surface area contributed by atoms with E-state index >= 15 is 0 Å². The minimum atomic E-state index is 0.857. The largest absolute Gasteiger partial charge is 0.103 e. The summed E-state index contributed by atoms with van der Waals surface area (Å²) in [4.78, 5) is 0. The van der Waals surface area contributed by atoms with Gasteiger partial charge in [0, 0.05) is 0 Å². The summed E-state index contributed by atoms with van der Waals surface area (Å²) in [5, 5.41) is 0. The van der Waals surface area contributed by atoms with Gasteiger partial charge in [0.25, 0.3) is 0 Å². The minimum absolute atomic E-state index is 0.857. The van der Waals surface area contributed by atoms with Crippen LogP contribution in [-0.2, 0) is 0 Å². The van der Waals surface area contributed by atoms with E-state index < -0.39 is 0 Å². The van der Waals surface area contributed by atoms with Crippen molar-refractivity contribution in [2.75, 3.05) is 0 Å². The Morgan fingerprint density at radius 3 is 2.71 bits per heavy atom. The number of rotatable bonds is 8. The molecule has 1 fully saturated rings. The molecule has 0 heteroatoms. The molecule has 0 aliphatic heterocycles. The predicted molar refractivity (Wildman–Crippen MR) is 78.1 cm³/mol.